The Balaban J connectivity index is 2.21. The van der Waals surface area contributed by atoms with E-state index in [0.717, 1.165) is 36.1 Å². The summed E-state index contributed by atoms with van der Waals surface area (Å²) in [7, 11) is 0. The number of hydrogen-bond acceptors (Lipinski definition) is 4. The number of alkyl halides is 3. The minimum absolute atomic E-state index is 0.247. The van der Waals surface area contributed by atoms with Gasteiger partial charge < -0.3 is 10.4 Å². The third-order valence-electron chi connectivity index (χ3n) is 3.26. The molecule has 1 heterocycles. The molecular formula is C15H12F4N4O2. The number of nitrogens with one attached hydrogen (secondary N) is 1. The van der Waals surface area contributed by atoms with E-state index in [9.17, 15) is 27.5 Å². The fourth-order valence-corrected chi connectivity index (χ4v) is 2.03. The number of hydrogen-bond donors (Lipinski definition) is 2. The summed E-state index contributed by atoms with van der Waals surface area (Å²) in [5.74, 6) is -1.68. The highest BCUT2D eigenvalue weighted by Crippen LogP contribution is 2.33. The van der Waals surface area contributed by atoms with Gasteiger partial charge >= 0.3 is 6.18 Å². The molecule has 25 heavy (non-hydrogen) atoms. The lowest BCUT2D eigenvalue weighted by Crippen LogP contribution is -2.43. The number of halogens is 4. The van der Waals surface area contributed by atoms with Crippen molar-refractivity contribution < 1.29 is 27.5 Å². The van der Waals surface area contributed by atoms with Gasteiger partial charge in [-0.1, -0.05) is 0 Å². The number of amides is 1. The molecule has 1 aromatic heterocycles. The largest absolute Gasteiger partial charge is 0.417 e. The third kappa shape index (κ3) is 4.33. The molecule has 2 N–H and O–H groups in total. The van der Waals surface area contributed by atoms with E-state index in [4.69, 9.17) is 5.26 Å². The molecule has 1 unspecified atom stereocenters. The number of aromatic nitrogens is 2. The fourth-order valence-electron chi connectivity index (χ4n) is 2.03. The minimum atomic E-state index is -4.78. The molecule has 1 atom stereocenters. The number of nitrogens with zero attached hydrogens (tertiary/aromatic N) is 3. The first-order valence-electron chi connectivity index (χ1n) is 6.86. The molecule has 0 spiro atoms. The zero-order valence-electron chi connectivity index (χ0n) is 12.8. The molecule has 0 bridgehead atoms. The minimum Gasteiger partial charge on any atom is -0.378 e. The molecule has 1 aromatic carbocycles. The molecular weight excluding hydrogens is 344 g/mol. The number of nitriles is 1. The van der Waals surface area contributed by atoms with Crippen LogP contribution in [0.15, 0.2) is 30.6 Å². The van der Waals surface area contributed by atoms with Gasteiger partial charge in [-0.2, -0.15) is 23.5 Å². The molecule has 132 valence electrons. The van der Waals surface area contributed by atoms with E-state index >= 15 is 0 Å². The van der Waals surface area contributed by atoms with Crippen LogP contribution in [0.3, 0.4) is 0 Å². The Morgan fingerprint density at radius 1 is 1.44 bits per heavy atom. The van der Waals surface area contributed by atoms with Gasteiger partial charge in [-0.25, -0.2) is 4.39 Å². The summed E-state index contributed by atoms with van der Waals surface area (Å²) in [5.41, 5.74) is -4.11. The molecule has 6 nitrogen and oxygen atoms in total. The maximum atomic E-state index is 12.9. The van der Waals surface area contributed by atoms with Crippen molar-refractivity contribution in [3.8, 4) is 6.07 Å². The molecule has 2 rings (SSSR count). The van der Waals surface area contributed by atoms with Gasteiger partial charge in [0.25, 0.3) is 5.91 Å². The van der Waals surface area contributed by atoms with Crippen LogP contribution in [0, 0.1) is 17.1 Å². The van der Waals surface area contributed by atoms with Gasteiger partial charge in [-0.05, 0) is 25.1 Å². The Hall–Kier alpha value is -2.93. The SMILES string of the molecule is CC(O)(Cn1cc(F)cn1)C(=O)Nc1ccc(C#N)c(C(F)(F)F)c1. The first-order chi connectivity index (χ1) is 11.5. The van der Waals surface area contributed by atoms with Gasteiger partial charge in [0.15, 0.2) is 11.4 Å². The Kier molecular flexibility index (Phi) is 4.80. The highest BCUT2D eigenvalue weighted by atomic mass is 19.4. The van der Waals surface area contributed by atoms with Gasteiger partial charge in [0.2, 0.25) is 0 Å². The lowest BCUT2D eigenvalue weighted by atomic mass is 10.0. The smallest absolute Gasteiger partial charge is 0.378 e. The summed E-state index contributed by atoms with van der Waals surface area (Å²) in [6, 6.07) is 4.04. The second kappa shape index (κ2) is 6.52. The van der Waals surface area contributed by atoms with Crippen LogP contribution < -0.4 is 5.32 Å². The summed E-state index contributed by atoms with van der Waals surface area (Å²) in [4.78, 5) is 12.1. The van der Waals surface area contributed by atoms with Crippen LogP contribution >= 0.6 is 0 Å². The van der Waals surface area contributed by atoms with E-state index < -0.39 is 41.2 Å². The quantitative estimate of drug-likeness (QED) is 0.823. The number of rotatable bonds is 4. The first-order valence-corrected chi connectivity index (χ1v) is 6.86. The van der Waals surface area contributed by atoms with Crippen LogP contribution in [0.25, 0.3) is 0 Å². The van der Waals surface area contributed by atoms with E-state index in [1.807, 2.05) is 0 Å². The second-order valence-electron chi connectivity index (χ2n) is 5.45. The Morgan fingerprint density at radius 2 is 2.12 bits per heavy atom. The van der Waals surface area contributed by atoms with Gasteiger partial charge in [-0.15, -0.1) is 0 Å². The standard InChI is InChI=1S/C15H12F4N4O2/c1-14(25,8-23-7-10(16)6-21-23)13(24)22-11-3-2-9(5-20)12(4-11)15(17,18)19/h2-4,6-7,25H,8H2,1H3,(H,22,24). The van der Waals surface area contributed by atoms with Crippen LogP contribution in [-0.4, -0.2) is 26.4 Å². The average Bonchev–Trinajstić information content (AvgIpc) is 2.90. The summed E-state index contributed by atoms with van der Waals surface area (Å²) in [6.45, 7) is 0.696. The number of benzene rings is 1. The lowest BCUT2D eigenvalue weighted by Gasteiger charge is -2.22. The van der Waals surface area contributed by atoms with Crippen LogP contribution in [0.5, 0.6) is 0 Å². The fraction of sp³-hybridized carbons (Fsp3) is 0.267. The van der Waals surface area contributed by atoms with Crippen LogP contribution in [0.2, 0.25) is 0 Å². The first kappa shape index (κ1) is 18.4. The Bertz CT molecular complexity index is 837. The van der Waals surface area contributed by atoms with Crippen molar-refractivity contribution in [3.05, 3.63) is 47.5 Å². The number of carbonyl (C=O) groups excluding carboxylic acids is 1. The van der Waals surface area contributed by atoms with Crippen molar-refractivity contribution in [3.63, 3.8) is 0 Å². The maximum Gasteiger partial charge on any atom is 0.417 e. The van der Waals surface area contributed by atoms with E-state index in [2.05, 4.69) is 10.4 Å². The van der Waals surface area contributed by atoms with Gasteiger partial charge in [-0.3, -0.25) is 9.48 Å². The predicted octanol–water partition coefficient (Wildman–Crippen LogP) is 2.30. The van der Waals surface area contributed by atoms with Crippen molar-refractivity contribution in [1.29, 1.82) is 5.26 Å². The Morgan fingerprint density at radius 3 is 2.64 bits per heavy atom. The molecule has 1 amide bonds. The maximum absolute atomic E-state index is 12.9. The van der Waals surface area contributed by atoms with Crippen molar-refractivity contribution >= 4 is 11.6 Å². The number of aliphatic hydroxyl groups is 1. The topological polar surface area (TPSA) is 90.9 Å². The van der Waals surface area contributed by atoms with Crippen molar-refractivity contribution in [2.24, 2.45) is 0 Å². The highest BCUT2D eigenvalue weighted by Gasteiger charge is 2.35. The molecule has 0 fully saturated rings. The van der Waals surface area contributed by atoms with Crippen LogP contribution in [0.1, 0.15) is 18.1 Å². The molecule has 0 saturated heterocycles. The second-order valence-corrected chi connectivity index (χ2v) is 5.45. The summed E-state index contributed by atoms with van der Waals surface area (Å²) < 4.78 is 52.6. The molecule has 0 aliphatic heterocycles. The predicted molar refractivity (Wildman–Crippen MR) is 77.6 cm³/mol. The monoisotopic (exact) mass is 356 g/mol. The zero-order chi connectivity index (χ0) is 18.8. The number of carbonyl (C=O) groups is 1. The lowest BCUT2D eigenvalue weighted by molar-refractivity contribution is -0.138. The van der Waals surface area contributed by atoms with E-state index in [0.29, 0.717) is 6.07 Å². The number of anilines is 1. The molecule has 2 aromatic rings. The van der Waals surface area contributed by atoms with E-state index in [1.165, 1.54) is 6.07 Å². The van der Waals surface area contributed by atoms with Crippen molar-refractivity contribution in [1.82, 2.24) is 9.78 Å². The van der Waals surface area contributed by atoms with Gasteiger partial charge in [0, 0.05) is 5.69 Å². The molecule has 0 radical (unpaired) electrons. The summed E-state index contributed by atoms with van der Waals surface area (Å²) in [6.07, 6.45) is -2.95. The molecule has 0 saturated carbocycles. The van der Waals surface area contributed by atoms with Crippen molar-refractivity contribution in [2.75, 3.05) is 5.32 Å². The van der Waals surface area contributed by atoms with E-state index in [1.54, 1.807) is 0 Å². The molecule has 0 aliphatic rings. The van der Waals surface area contributed by atoms with E-state index in [-0.39, 0.29) is 5.69 Å². The summed E-state index contributed by atoms with van der Waals surface area (Å²) >= 11 is 0. The van der Waals surface area contributed by atoms with Crippen LogP contribution in [0.4, 0.5) is 23.2 Å². The van der Waals surface area contributed by atoms with Gasteiger partial charge in [0.1, 0.15) is 0 Å². The Labute approximate surface area is 139 Å². The zero-order valence-corrected chi connectivity index (χ0v) is 12.8. The van der Waals surface area contributed by atoms with Gasteiger partial charge in [0.05, 0.1) is 36.1 Å². The molecule has 10 heteroatoms. The van der Waals surface area contributed by atoms with Crippen LogP contribution in [-0.2, 0) is 17.5 Å². The normalized spacial score (nSPS) is 13.8. The third-order valence-corrected chi connectivity index (χ3v) is 3.26. The van der Waals surface area contributed by atoms with Crippen molar-refractivity contribution in [2.45, 2.75) is 25.2 Å². The average molecular weight is 356 g/mol. The summed E-state index contributed by atoms with van der Waals surface area (Å²) in [5, 5.41) is 24.6. The highest BCUT2D eigenvalue weighted by molar-refractivity contribution is 5.96. The molecule has 0 aliphatic carbocycles.